The number of thioether (sulfide) groups is 1. The maximum atomic E-state index is 4.97. The quantitative estimate of drug-likeness (QED) is 0.491. The molecule has 0 amide bonds. The fraction of sp³-hybridized carbons (Fsp3) is 0.450. The molecule has 1 aliphatic carbocycles. The van der Waals surface area contributed by atoms with Crippen LogP contribution in [0.2, 0.25) is 0 Å². The lowest BCUT2D eigenvalue weighted by molar-refractivity contribution is 0.640. The highest BCUT2D eigenvalue weighted by atomic mass is 32.2. The van der Waals surface area contributed by atoms with Gasteiger partial charge in [0, 0.05) is 37.3 Å². The average molecular weight is 398 g/mol. The Morgan fingerprint density at radius 2 is 1.81 bits per heavy atom. The summed E-state index contributed by atoms with van der Waals surface area (Å²) in [6.45, 7) is 3.90. The first-order valence-electron chi connectivity index (χ1n) is 9.60. The molecule has 3 aromatic rings. The molecular weight excluding hydrogens is 374 g/mol. The summed E-state index contributed by atoms with van der Waals surface area (Å²) in [6, 6.07) is 6.13. The third-order valence-corrected chi connectivity index (χ3v) is 7.24. The Morgan fingerprint density at radius 1 is 1.00 bits per heavy atom. The van der Waals surface area contributed by atoms with Crippen LogP contribution in [-0.2, 0) is 12.8 Å². The maximum Gasteiger partial charge on any atom is 0.190 e. The van der Waals surface area contributed by atoms with Crippen molar-refractivity contribution in [3.05, 3.63) is 34.8 Å². The number of pyridine rings is 1. The molecule has 0 aromatic carbocycles. The maximum absolute atomic E-state index is 4.97. The minimum atomic E-state index is 0.892. The van der Waals surface area contributed by atoms with Gasteiger partial charge in [-0.2, -0.15) is 0 Å². The third kappa shape index (κ3) is 3.17. The van der Waals surface area contributed by atoms with Crippen LogP contribution in [0.3, 0.4) is 0 Å². The normalized spacial score (nSPS) is 17.4. The number of piperazine rings is 1. The summed E-state index contributed by atoms with van der Waals surface area (Å²) in [6.07, 6.45) is 8.92. The van der Waals surface area contributed by atoms with Crippen LogP contribution in [0.4, 0.5) is 11.6 Å². The highest BCUT2D eigenvalue weighted by Gasteiger charge is 2.26. The molecule has 0 saturated carbocycles. The number of aromatic nitrogens is 3. The van der Waals surface area contributed by atoms with Crippen LogP contribution in [-0.4, -0.2) is 47.4 Å². The van der Waals surface area contributed by atoms with Crippen LogP contribution in [0.25, 0.3) is 10.2 Å². The van der Waals surface area contributed by atoms with E-state index in [0.717, 1.165) is 43.0 Å². The lowest BCUT2D eigenvalue weighted by Gasteiger charge is -2.36. The number of hydrogen-bond donors (Lipinski definition) is 0. The summed E-state index contributed by atoms with van der Waals surface area (Å²) in [5.41, 5.74) is 1.52. The van der Waals surface area contributed by atoms with Crippen molar-refractivity contribution in [2.75, 3.05) is 42.2 Å². The van der Waals surface area contributed by atoms with Crippen molar-refractivity contribution in [2.45, 2.75) is 30.8 Å². The molecule has 0 atom stereocenters. The summed E-state index contributed by atoms with van der Waals surface area (Å²) in [4.78, 5) is 21.9. The second kappa shape index (κ2) is 7.28. The zero-order valence-corrected chi connectivity index (χ0v) is 17.2. The van der Waals surface area contributed by atoms with Gasteiger partial charge in [0.05, 0.1) is 5.39 Å². The molecule has 7 heteroatoms. The Bertz CT molecular complexity index is 948. The van der Waals surface area contributed by atoms with E-state index in [1.165, 1.54) is 46.3 Å². The zero-order chi connectivity index (χ0) is 18.2. The smallest absolute Gasteiger partial charge is 0.190 e. The van der Waals surface area contributed by atoms with Crippen molar-refractivity contribution in [1.29, 1.82) is 0 Å². The summed E-state index contributed by atoms with van der Waals surface area (Å²) < 4.78 is 0. The van der Waals surface area contributed by atoms with Crippen LogP contribution < -0.4 is 9.80 Å². The zero-order valence-electron chi connectivity index (χ0n) is 15.5. The molecule has 0 unspecified atom stereocenters. The van der Waals surface area contributed by atoms with E-state index >= 15 is 0 Å². The van der Waals surface area contributed by atoms with Gasteiger partial charge in [0.15, 0.2) is 5.16 Å². The minimum absolute atomic E-state index is 0.892. The number of fused-ring (bicyclic) bond motifs is 3. The highest BCUT2D eigenvalue weighted by molar-refractivity contribution is 7.98. The molecule has 0 N–H and O–H groups in total. The van der Waals surface area contributed by atoms with Gasteiger partial charge >= 0.3 is 0 Å². The molecule has 1 fully saturated rings. The van der Waals surface area contributed by atoms with Gasteiger partial charge < -0.3 is 9.80 Å². The van der Waals surface area contributed by atoms with Gasteiger partial charge in [-0.1, -0.05) is 17.8 Å². The predicted molar refractivity (Wildman–Crippen MR) is 115 cm³/mol. The molecule has 0 spiro atoms. The van der Waals surface area contributed by atoms with E-state index in [2.05, 4.69) is 33.2 Å². The molecule has 27 heavy (non-hydrogen) atoms. The monoisotopic (exact) mass is 397 g/mol. The van der Waals surface area contributed by atoms with Gasteiger partial charge in [-0.3, -0.25) is 0 Å². The second-order valence-electron chi connectivity index (χ2n) is 7.09. The Morgan fingerprint density at radius 3 is 2.59 bits per heavy atom. The first kappa shape index (κ1) is 17.3. The Hall–Kier alpha value is -1.86. The van der Waals surface area contributed by atoms with E-state index in [9.17, 15) is 0 Å². The molecule has 1 saturated heterocycles. The van der Waals surface area contributed by atoms with Crippen LogP contribution >= 0.6 is 23.1 Å². The van der Waals surface area contributed by atoms with Gasteiger partial charge in [-0.15, -0.1) is 11.3 Å². The van der Waals surface area contributed by atoms with Crippen molar-refractivity contribution in [1.82, 2.24) is 15.0 Å². The SMILES string of the molecule is CSc1nc(N2CCN(c3ccccn3)CC2)c2c3c(sc2n1)CCCC3. The summed E-state index contributed by atoms with van der Waals surface area (Å²) >= 11 is 3.54. The molecule has 140 valence electrons. The molecular formula is C20H23N5S2. The Labute approximate surface area is 167 Å². The van der Waals surface area contributed by atoms with E-state index in [-0.39, 0.29) is 0 Å². The number of aryl methyl sites for hydroxylation is 2. The number of anilines is 2. The minimum Gasteiger partial charge on any atom is -0.353 e. The highest BCUT2D eigenvalue weighted by Crippen LogP contribution is 2.40. The van der Waals surface area contributed by atoms with Crippen LogP contribution in [0.1, 0.15) is 23.3 Å². The number of hydrogen-bond acceptors (Lipinski definition) is 7. The number of rotatable bonds is 3. The molecule has 0 radical (unpaired) electrons. The van der Waals surface area contributed by atoms with E-state index < -0.39 is 0 Å². The topological polar surface area (TPSA) is 45.2 Å². The van der Waals surface area contributed by atoms with Crippen molar-refractivity contribution in [3.63, 3.8) is 0 Å². The largest absolute Gasteiger partial charge is 0.353 e. The fourth-order valence-corrected chi connectivity index (χ4v) is 5.80. The lowest BCUT2D eigenvalue weighted by atomic mass is 9.97. The van der Waals surface area contributed by atoms with Crippen molar-refractivity contribution in [2.24, 2.45) is 0 Å². The van der Waals surface area contributed by atoms with Gasteiger partial charge in [0.1, 0.15) is 16.5 Å². The summed E-state index contributed by atoms with van der Waals surface area (Å²) in [5.74, 6) is 2.23. The van der Waals surface area contributed by atoms with Crippen LogP contribution in [0.15, 0.2) is 29.6 Å². The number of thiophene rings is 1. The van der Waals surface area contributed by atoms with E-state index in [1.54, 1.807) is 11.8 Å². The average Bonchev–Trinajstić information content (AvgIpc) is 3.12. The van der Waals surface area contributed by atoms with Crippen LogP contribution in [0.5, 0.6) is 0 Å². The third-order valence-electron chi connectivity index (χ3n) is 5.51. The van der Waals surface area contributed by atoms with Crippen molar-refractivity contribution >= 4 is 45.0 Å². The predicted octanol–water partition coefficient (Wildman–Crippen LogP) is 4.01. The van der Waals surface area contributed by atoms with Crippen LogP contribution in [0, 0.1) is 0 Å². The second-order valence-corrected chi connectivity index (χ2v) is 8.94. The Balaban J connectivity index is 1.48. The molecule has 4 heterocycles. The van der Waals surface area contributed by atoms with Gasteiger partial charge in [0.25, 0.3) is 0 Å². The van der Waals surface area contributed by atoms with E-state index in [1.807, 2.05) is 23.6 Å². The molecule has 3 aromatic heterocycles. The summed E-state index contributed by atoms with van der Waals surface area (Å²) in [7, 11) is 0. The van der Waals surface area contributed by atoms with Crippen molar-refractivity contribution < 1.29 is 0 Å². The first-order valence-corrected chi connectivity index (χ1v) is 11.6. The number of nitrogens with zero attached hydrogens (tertiary/aromatic N) is 5. The van der Waals surface area contributed by atoms with E-state index in [0.29, 0.717) is 0 Å². The standard InChI is InChI=1S/C20H23N5S2/c1-26-20-22-18(17-14-6-2-3-7-15(14)27-19(17)23-20)25-12-10-24(11-13-25)16-8-4-5-9-21-16/h4-5,8-9H,2-3,6-7,10-13H2,1H3. The van der Waals surface area contributed by atoms with Gasteiger partial charge in [0.2, 0.25) is 0 Å². The summed E-state index contributed by atoms with van der Waals surface area (Å²) in [5, 5.41) is 2.22. The van der Waals surface area contributed by atoms with Gasteiger partial charge in [-0.05, 0) is 49.6 Å². The molecule has 0 bridgehead atoms. The molecule has 1 aliphatic heterocycles. The first-order chi connectivity index (χ1) is 13.3. The Kier molecular flexibility index (Phi) is 4.65. The molecule has 5 rings (SSSR count). The van der Waals surface area contributed by atoms with Crippen molar-refractivity contribution in [3.8, 4) is 0 Å². The lowest BCUT2D eigenvalue weighted by Crippen LogP contribution is -2.47. The fourth-order valence-electron chi connectivity index (χ4n) is 4.13. The van der Waals surface area contributed by atoms with Gasteiger partial charge in [-0.25, -0.2) is 15.0 Å². The molecule has 2 aliphatic rings. The van der Waals surface area contributed by atoms with E-state index in [4.69, 9.17) is 9.97 Å². The molecule has 5 nitrogen and oxygen atoms in total.